The van der Waals surface area contributed by atoms with Gasteiger partial charge in [0, 0.05) is 22.6 Å². The quantitative estimate of drug-likeness (QED) is 0.384. The standard InChI is InChI=1S/C25H27N3O6S/c1-17(2)16-34-25(30)27-21-8-5-7-20(15-21)26-24(29)18-6-4-9-23(14-18)35(31,32)28-19-10-12-22(33-3)13-11-19/h4-15,17,28H,16H2,1-3H3,(H,26,29)(H,27,30). The number of ether oxygens (including phenoxy) is 2. The van der Waals surface area contributed by atoms with E-state index in [0.717, 1.165) is 0 Å². The van der Waals surface area contributed by atoms with Crippen molar-refractivity contribution in [1.82, 2.24) is 0 Å². The molecule has 0 aliphatic rings. The SMILES string of the molecule is COc1ccc(NS(=O)(=O)c2cccc(C(=O)Nc3cccc(NC(=O)OCC(C)C)c3)c2)cc1. The molecule has 0 aromatic heterocycles. The van der Waals surface area contributed by atoms with Gasteiger partial charge >= 0.3 is 6.09 Å². The molecule has 184 valence electrons. The molecule has 35 heavy (non-hydrogen) atoms. The van der Waals surface area contributed by atoms with E-state index < -0.39 is 22.0 Å². The maximum Gasteiger partial charge on any atom is 0.411 e. The van der Waals surface area contributed by atoms with Gasteiger partial charge in [-0.05, 0) is 66.6 Å². The summed E-state index contributed by atoms with van der Waals surface area (Å²) in [6, 6.07) is 18.6. The van der Waals surface area contributed by atoms with Crippen LogP contribution in [0.3, 0.4) is 0 Å². The van der Waals surface area contributed by atoms with Crippen LogP contribution in [0.5, 0.6) is 5.75 Å². The Bertz CT molecular complexity index is 1290. The first-order chi connectivity index (χ1) is 16.7. The minimum Gasteiger partial charge on any atom is -0.497 e. The second kappa shape index (κ2) is 11.4. The third-order valence-corrected chi connectivity index (χ3v) is 6.04. The largest absolute Gasteiger partial charge is 0.497 e. The number of rotatable bonds is 9. The molecule has 0 saturated carbocycles. The van der Waals surface area contributed by atoms with Crippen molar-refractivity contribution >= 4 is 39.1 Å². The first kappa shape index (κ1) is 25.6. The molecular weight excluding hydrogens is 470 g/mol. The lowest BCUT2D eigenvalue weighted by Crippen LogP contribution is -2.17. The topological polar surface area (TPSA) is 123 Å². The molecule has 0 bridgehead atoms. The van der Waals surface area contributed by atoms with E-state index >= 15 is 0 Å². The molecule has 0 aliphatic heterocycles. The molecule has 0 atom stereocenters. The Kier molecular flexibility index (Phi) is 8.32. The van der Waals surface area contributed by atoms with Crippen molar-refractivity contribution in [3.63, 3.8) is 0 Å². The van der Waals surface area contributed by atoms with Crippen LogP contribution in [-0.4, -0.2) is 34.1 Å². The van der Waals surface area contributed by atoms with E-state index in [-0.39, 0.29) is 23.0 Å². The fourth-order valence-electron chi connectivity index (χ4n) is 2.95. The summed E-state index contributed by atoms with van der Waals surface area (Å²) in [5.41, 5.74) is 1.37. The van der Waals surface area contributed by atoms with Gasteiger partial charge in [-0.15, -0.1) is 0 Å². The summed E-state index contributed by atoms with van der Waals surface area (Å²) in [5.74, 6) is 0.293. The lowest BCUT2D eigenvalue weighted by atomic mass is 10.2. The number of anilines is 3. The predicted octanol–water partition coefficient (Wildman–Crippen LogP) is 4.95. The van der Waals surface area contributed by atoms with Crippen molar-refractivity contribution in [1.29, 1.82) is 0 Å². The average Bonchev–Trinajstić information content (AvgIpc) is 2.83. The molecule has 0 aliphatic carbocycles. The van der Waals surface area contributed by atoms with Gasteiger partial charge in [-0.3, -0.25) is 14.8 Å². The Labute approximate surface area is 204 Å². The lowest BCUT2D eigenvalue weighted by molar-refractivity contribution is 0.102. The number of carbonyl (C=O) groups excluding carboxylic acids is 2. The summed E-state index contributed by atoms with van der Waals surface area (Å²) in [7, 11) is -2.41. The van der Waals surface area contributed by atoms with Crippen molar-refractivity contribution in [2.75, 3.05) is 29.1 Å². The molecule has 0 radical (unpaired) electrons. The fourth-order valence-corrected chi connectivity index (χ4v) is 4.06. The lowest BCUT2D eigenvalue weighted by Gasteiger charge is -2.12. The van der Waals surface area contributed by atoms with E-state index in [1.165, 1.54) is 31.4 Å². The van der Waals surface area contributed by atoms with Crippen molar-refractivity contribution < 1.29 is 27.5 Å². The number of hydrogen-bond acceptors (Lipinski definition) is 6. The number of nitrogens with one attached hydrogen (secondary N) is 3. The second-order valence-corrected chi connectivity index (χ2v) is 9.70. The van der Waals surface area contributed by atoms with Crippen LogP contribution in [0, 0.1) is 5.92 Å². The summed E-state index contributed by atoms with van der Waals surface area (Å²) in [4.78, 5) is 24.6. The molecule has 0 unspecified atom stereocenters. The van der Waals surface area contributed by atoms with Gasteiger partial charge in [0.15, 0.2) is 0 Å². The van der Waals surface area contributed by atoms with E-state index in [0.29, 0.717) is 22.8 Å². The Morgan fingerprint density at radius 3 is 2.17 bits per heavy atom. The van der Waals surface area contributed by atoms with Crippen LogP contribution in [0.2, 0.25) is 0 Å². The zero-order valence-electron chi connectivity index (χ0n) is 19.6. The highest BCUT2D eigenvalue weighted by Crippen LogP contribution is 2.21. The summed E-state index contributed by atoms with van der Waals surface area (Å²) in [6.45, 7) is 4.15. The Hall–Kier alpha value is -4.05. The van der Waals surface area contributed by atoms with Gasteiger partial charge in [0.2, 0.25) is 0 Å². The van der Waals surface area contributed by atoms with Crippen molar-refractivity contribution in [3.8, 4) is 5.75 Å². The van der Waals surface area contributed by atoms with Gasteiger partial charge in [0.05, 0.1) is 18.6 Å². The van der Waals surface area contributed by atoms with Crippen LogP contribution in [-0.2, 0) is 14.8 Å². The molecule has 3 aromatic carbocycles. The van der Waals surface area contributed by atoms with Crippen molar-refractivity contribution in [2.24, 2.45) is 5.92 Å². The molecule has 3 aromatic rings. The normalized spacial score (nSPS) is 11.0. The number of hydrogen-bond donors (Lipinski definition) is 3. The van der Waals surface area contributed by atoms with Gasteiger partial charge < -0.3 is 14.8 Å². The minimum absolute atomic E-state index is 0.0655. The first-order valence-corrected chi connectivity index (χ1v) is 12.3. The Morgan fingerprint density at radius 1 is 0.857 bits per heavy atom. The molecule has 2 amide bonds. The smallest absolute Gasteiger partial charge is 0.411 e. The molecule has 9 nitrogen and oxygen atoms in total. The number of methoxy groups -OCH3 is 1. The number of benzene rings is 3. The summed E-state index contributed by atoms with van der Waals surface area (Å²) < 4.78 is 38.3. The average molecular weight is 498 g/mol. The molecule has 0 fully saturated rings. The highest BCUT2D eigenvalue weighted by Gasteiger charge is 2.17. The molecule has 10 heteroatoms. The maximum absolute atomic E-state index is 12.8. The van der Waals surface area contributed by atoms with Crippen LogP contribution in [0.4, 0.5) is 21.9 Å². The van der Waals surface area contributed by atoms with Gasteiger partial charge in [-0.2, -0.15) is 0 Å². The monoisotopic (exact) mass is 497 g/mol. The van der Waals surface area contributed by atoms with E-state index in [1.807, 2.05) is 13.8 Å². The van der Waals surface area contributed by atoms with Crippen LogP contribution in [0.25, 0.3) is 0 Å². The maximum atomic E-state index is 12.8. The molecule has 3 rings (SSSR count). The zero-order valence-corrected chi connectivity index (χ0v) is 20.4. The highest BCUT2D eigenvalue weighted by molar-refractivity contribution is 7.92. The van der Waals surface area contributed by atoms with Gasteiger partial charge in [-0.25, -0.2) is 13.2 Å². The highest BCUT2D eigenvalue weighted by atomic mass is 32.2. The van der Waals surface area contributed by atoms with Gasteiger partial charge in [0.1, 0.15) is 5.75 Å². The van der Waals surface area contributed by atoms with Crippen molar-refractivity contribution in [2.45, 2.75) is 18.7 Å². The zero-order chi connectivity index (χ0) is 25.4. The van der Waals surface area contributed by atoms with Gasteiger partial charge in [-0.1, -0.05) is 26.0 Å². The molecule has 0 spiro atoms. The molecule has 0 saturated heterocycles. The summed E-state index contributed by atoms with van der Waals surface area (Å²) in [5, 5.41) is 5.31. The number of sulfonamides is 1. The van der Waals surface area contributed by atoms with E-state index in [9.17, 15) is 18.0 Å². The van der Waals surface area contributed by atoms with E-state index in [1.54, 1.807) is 48.5 Å². The molecule has 0 heterocycles. The van der Waals surface area contributed by atoms with Gasteiger partial charge in [0.25, 0.3) is 15.9 Å². The number of amides is 2. The summed E-state index contributed by atoms with van der Waals surface area (Å²) in [6.07, 6.45) is -0.593. The summed E-state index contributed by atoms with van der Waals surface area (Å²) >= 11 is 0. The predicted molar refractivity (Wildman–Crippen MR) is 134 cm³/mol. The van der Waals surface area contributed by atoms with Crippen LogP contribution >= 0.6 is 0 Å². The first-order valence-electron chi connectivity index (χ1n) is 10.8. The Balaban J connectivity index is 1.69. The van der Waals surface area contributed by atoms with E-state index in [4.69, 9.17) is 9.47 Å². The van der Waals surface area contributed by atoms with Crippen LogP contribution < -0.4 is 20.1 Å². The van der Waals surface area contributed by atoms with Crippen molar-refractivity contribution in [3.05, 3.63) is 78.4 Å². The van der Waals surface area contributed by atoms with Crippen LogP contribution in [0.1, 0.15) is 24.2 Å². The third kappa shape index (κ3) is 7.47. The second-order valence-electron chi connectivity index (χ2n) is 8.01. The molecular formula is C25H27N3O6S. The molecule has 3 N–H and O–H groups in total. The third-order valence-electron chi connectivity index (χ3n) is 4.66. The fraction of sp³-hybridized carbons (Fsp3) is 0.200. The van der Waals surface area contributed by atoms with E-state index in [2.05, 4.69) is 15.4 Å². The Morgan fingerprint density at radius 2 is 1.51 bits per heavy atom. The number of carbonyl (C=O) groups is 2. The minimum atomic E-state index is -3.93. The van der Waals surface area contributed by atoms with Crippen LogP contribution in [0.15, 0.2) is 77.7 Å².